The number of fused-ring (bicyclic) bond motifs is 1. The maximum Gasteiger partial charge on any atom is 0.336 e. The molecule has 0 saturated carbocycles. The van der Waals surface area contributed by atoms with E-state index in [9.17, 15) is 14.5 Å². The monoisotopic (exact) mass is 435 g/mol. The molecule has 156 valence electrons. The minimum atomic E-state index is -1.61. The van der Waals surface area contributed by atoms with Crippen molar-refractivity contribution in [3.05, 3.63) is 42.5 Å². The number of hydrogen-bond acceptors (Lipinski definition) is 6. The van der Waals surface area contributed by atoms with Crippen molar-refractivity contribution in [2.75, 3.05) is 30.1 Å². The lowest BCUT2D eigenvalue weighted by Crippen LogP contribution is -2.27. The molecule has 2 aromatic rings. The number of anilines is 2. The lowest BCUT2D eigenvalue weighted by atomic mass is 10.1. The molecule has 0 saturated heterocycles. The van der Waals surface area contributed by atoms with Gasteiger partial charge < -0.3 is 24.4 Å². The van der Waals surface area contributed by atoms with Gasteiger partial charge in [-0.25, -0.2) is 4.79 Å². The van der Waals surface area contributed by atoms with Crippen molar-refractivity contribution in [2.24, 2.45) is 5.92 Å². The third-order valence-corrected chi connectivity index (χ3v) is 7.29. The minimum Gasteiger partial charge on any atom is -0.611 e. The van der Waals surface area contributed by atoms with Crippen LogP contribution in [0.4, 0.5) is 11.4 Å². The van der Waals surface area contributed by atoms with Gasteiger partial charge in [0.1, 0.15) is 18.1 Å². The second kappa shape index (κ2) is 9.75. The molecule has 3 rings (SSSR count). The third-order valence-electron chi connectivity index (χ3n) is 4.94. The van der Waals surface area contributed by atoms with Crippen molar-refractivity contribution in [1.82, 2.24) is 0 Å². The fourth-order valence-electron chi connectivity index (χ4n) is 3.25. The number of aliphatic hydroxyl groups excluding tert-OH is 1. The number of ether oxygens (including phenoxy) is 1. The van der Waals surface area contributed by atoms with Gasteiger partial charge in [0.2, 0.25) is 0 Å². The molecule has 29 heavy (non-hydrogen) atoms. The predicted octanol–water partition coefficient (Wildman–Crippen LogP) is 3.52. The second-order valence-corrected chi connectivity index (χ2v) is 9.18. The summed E-state index contributed by atoms with van der Waals surface area (Å²) in [6, 6.07) is 13.7. The van der Waals surface area contributed by atoms with Crippen LogP contribution in [0, 0.1) is 5.92 Å². The molecule has 2 N–H and O–H groups in total. The standard InChI is InChI=1S/C21H25NO5S2/c1-3-14-11-22(15-7-5-4-6-8-15)16-9-19(28-2)18(10-20(16)29(26)13-14)27-12-17(23)21(24)25/h4-10,14,17,23H,3,11-13H2,1-2H3,(H,24,25)/t14-,17?,29?/m0/s1. The average Bonchev–Trinajstić information content (AvgIpc) is 2.87. The van der Waals surface area contributed by atoms with Crippen LogP contribution in [0.25, 0.3) is 0 Å². The summed E-state index contributed by atoms with van der Waals surface area (Å²) >= 11 is 0.250. The van der Waals surface area contributed by atoms with E-state index in [-0.39, 0.29) is 12.5 Å². The van der Waals surface area contributed by atoms with E-state index >= 15 is 0 Å². The normalized spacial score (nSPS) is 19.9. The minimum absolute atomic E-state index is 0.277. The van der Waals surface area contributed by atoms with E-state index in [2.05, 4.69) is 11.8 Å². The first-order valence-corrected chi connectivity index (χ1v) is 12.0. The Balaban J connectivity index is 2.04. The van der Waals surface area contributed by atoms with Gasteiger partial charge in [0, 0.05) is 24.2 Å². The molecule has 3 atom stereocenters. The van der Waals surface area contributed by atoms with E-state index in [4.69, 9.17) is 9.84 Å². The second-order valence-electron chi connectivity index (χ2n) is 6.87. The molecule has 0 radical (unpaired) electrons. The quantitative estimate of drug-likeness (QED) is 0.508. The van der Waals surface area contributed by atoms with Crippen molar-refractivity contribution in [3.63, 3.8) is 0 Å². The van der Waals surface area contributed by atoms with Crippen molar-refractivity contribution in [1.29, 1.82) is 0 Å². The summed E-state index contributed by atoms with van der Waals surface area (Å²) in [5.74, 6) is -0.0647. The molecule has 0 bridgehead atoms. The number of hydrogen-bond donors (Lipinski definition) is 2. The van der Waals surface area contributed by atoms with Gasteiger partial charge in [-0.2, -0.15) is 0 Å². The van der Waals surface area contributed by atoms with Gasteiger partial charge in [0.05, 0.1) is 10.6 Å². The molecular weight excluding hydrogens is 410 g/mol. The molecule has 1 heterocycles. The van der Waals surface area contributed by atoms with Crippen molar-refractivity contribution in [2.45, 2.75) is 29.2 Å². The Morgan fingerprint density at radius 3 is 2.72 bits per heavy atom. The van der Waals surface area contributed by atoms with Crippen LogP contribution in [0.15, 0.2) is 52.3 Å². The van der Waals surface area contributed by atoms with E-state index in [1.807, 2.05) is 42.7 Å². The van der Waals surface area contributed by atoms with Crippen LogP contribution in [-0.4, -0.2) is 52.0 Å². The van der Waals surface area contributed by atoms with E-state index in [0.29, 0.717) is 16.4 Å². The van der Waals surface area contributed by atoms with E-state index in [1.165, 1.54) is 11.8 Å². The number of carbonyl (C=O) groups is 1. The number of aliphatic hydroxyl groups is 1. The first-order chi connectivity index (χ1) is 13.9. The summed E-state index contributed by atoms with van der Waals surface area (Å²) in [6.07, 6.45) is 1.21. The van der Waals surface area contributed by atoms with E-state index in [0.717, 1.165) is 29.2 Å². The van der Waals surface area contributed by atoms with Crippen molar-refractivity contribution >= 4 is 40.3 Å². The van der Waals surface area contributed by atoms with Crippen LogP contribution >= 0.6 is 11.8 Å². The van der Waals surface area contributed by atoms with E-state index < -0.39 is 23.2 Å². The molecule has 0 amide bonds. The summed E-state index contributed by atoms with van der Waals surface area (Å²) in [6.45, 7) is 2.51. The van der Waals surface area contributed by atoms with Gasteiger partial charge in [-0.05, 0) is 42.1 Å². The Morgan fingerprint density at radius 1 is 1.38 bits per heavy atom. The Bertz CT molecular complexity index is 848. The maximum absolute atomic E-state index is 13.1. The van der Waals surface area contributed by atoms with Crippen LogP contribution in [-0.2, 0) is 16.0 Å². The highest BCUT2D eigenvalue weighted by atomic mass is 32.2. The fraction of sp³-hybridized carbons (Fsp3) is 0.381. The fourth-order valence-corrected chi connectivity index (χ4v) is 5.39. The summed E-state index contributed by atoms with van der Waals surface area (Å²) in [5, 5.41) is 18.4. The van der Waals surface area contributed by atoms with Gasteiger partial charge in [-0.1, -0.05) is 25.1 Å². The topological polar surface area (TPSA) is 93.1 Å². The number of carboxylic acids is 1. The first kappa shape index (κ1) is 21.8. The highest BCUT2D eigenvalue weighted by molar-refractivity contribution is 7.98. The molecule has 6 nitrogen and oxygen atoms in total. The molecule has 0 aliphatic carbocycles. The Morgan fingerprint density at radius 2 is 2.10 bits per heavy atom. The zero-order valence-corrected chi connectivity index (χ0v) is 18.0. The molecular formula is C21H25NO5S2. The summed E-state index contributed by atoms with van der Waals surface area (Å²) in [7, 11) is 0. The number of benzene rings is 2. The smallest absolute Gasteiger partial charge is 0.336 e. The number of para-hydroxylation sites is 1. The zero-order valence-electron chi connectivity index (χ0n) is 16.4. The third kappa shape index (κ3) is 5.01. The number of carboxylic acid groups (broad SMARTS) is 1. The van der Waals surface area contributed by atoms with Gasteiger partial charge in [-0.3, -0.25) is 0 Å². The van der Waals surface area contributed by atoms with Crippen LogP contribution in [0.5, 0.6) is 5.75 Å². The van der Waals surface area contributed by atoms with Gasteiger partial charge in [0.25, 0.3) is 0 Å². The lowest BCUT2D eigenvalue weighted by Gasteiger charge is -2.26. The molecule has 8 heteroatoms. The van der Waals surface area contributed by atoms with Crippen LogP contribution in [0.3, 0.4) is 0 Å². The number of rotatable bonds is 7. The zero-order chi connectivity index (χ0) is 21.0. The number of aliphatic carboxylic acids is 1. The Hall–Kier alpha value is -1.87. The average molecular weight is 436 g/mol. The van der Waals surface area contributed by atoms with Crippen LogP contribution in [0.2, 0.25) is 0 Å². The van der Waals surface area contributed by atoms with Crippen molar-refractivity contribution < 1.29 is 24.3 Å². The predicted molar refractivity (Wildman–Crippen MR) is 116 cm³/mol. The van der Waals surface area contributed by atoms with Gasteiger partial charge in [0.15, 0.2) is 11.0 Å². The van der Waals surface area contributed by atoms with Gasteiger partial charge >= 0.3 is 5.97 Å². The molecule has 0 fully saturated rings. The van der Waals surface area contributed by atoms with E-state index in [1.54, 1.807) is 6.07 Å². The molecule has 0 spiro atoms. The summed E-state index contributed by atoms with van der Waals surface area (Å²) in [5.41, 5.74) is 1.91. The van der Waals surface area contributed by atoms with Crippen LogP contribution in [0.1, 0.15) is 13.3 Å². The molecule has 1 aliphatic heterocycles. The number of nitrogens with zero attached hydrogens (tertiary/aromatic N) is 1. The highest BCUT2D eigenvalue weighted by Gasteiger charge is 2.32. The molecule has 0 aromatic heterocycles. The first-order valence-electron chi connectivity index (χ1n) is 9.41. The number of thioether (sulfide) groups is 1. The highest BCUT2D eigenvalue weighted by Crippen LogP contribution is 2.43. The van der Waals surface area contributed by atoms with Crippen molar-refractivity contribution in [3.8, 4) is 5.75 Å². The molecule has 2 unspecified atom stereocenters. The largest absolute Gasteiger partial charge is 0.611 e. The Labute approximate surface area is 178 Å². The summed E-state index contributed by atoms with van der Waals surface area (Å²) in [4.78, 5) is 14.6. The van der Waals surface area contributed by atoms with Crippen LogP contribution < -0.4 is 9.64 Å². The Kier molecular flexibility index (Phi) is 7.34. The molecule has 2 aromatic carbocycles. The SMILES string of the molecule is CC[C@H]1CN(c2ccccc2)c2cc(SC)c(OCC(O)C(=O)O)cc2[S+]([O-])C1. The maximum atomic E-state index is 13.1. The lowest BCUT2D eigenvalue weighted by molar-refractivity contribution is -0.148. The molecule has 1 aliphatic rings. The summed E-state index contributed by atoms with van der Waals surface area (Å²) < 4.78 is 18.7. The van der Waals surface area contributed by atoms with Gasteiger partial charge in [-0.15, -0.1) is 11.8 Å².